The summed E-state index contributed by atoms with van der Waals surface area (Å²) in [6, 6.07) is 21.6. The number of carbonyl (C=O) groups excluding carboxylic acids is 1. The lowest BCUT2D eigenvalue weighted by molar-refractivity contribution is 0.0964. The first-order valence-electron chi connectivity index (χ1n) is 13.9. The molecule has 45 heavy (non-hydrogen) atoms. The highest BCUT2D eigenvalue weighted by Crippen LogP contribution is 2.42. The van der Waals surface area contributed by atoms with Gasteiger partial charge in [0, 0.05) is 54.4 Å². The third kappa shape index (κ3) is 5.73. The van der Waals surface area contributed by atoms with Crippen LogP contribution in [0.2, 0.25) is 0 Å². The summed E-state index contributed by atoms with van der Waals surface area (Å²) in [4.78, 5) is 22.0. The number of nitriles is 1. The molecule has 12 heteroatoms. The first-order valence-corrected chi connectivity index (χ1v) is 15.8. The minimum Gasteiger partial charge on any atom is -0.455 e. The molecule has 10 nitrogen and oxygen atoms in total. The second-order valence-corrected chi connectivity index (χ2v) is 12.2. The van der Waals surface area contributed by atoms with Crippen molar-refractivity contribution in [1.82, 2.24) is 15.3 Å². The van der Waals surface area contributed by atoms with Crippen molar-refractivity contribution in [3.8, 4) is 40.0 Å². The first kappa shape index (κ1) is 29.5. The summed E-state index contributed by atoms with van der Waals surface area (Å²) in [7, 11) is -2.35. The van der Waals surface area contributed by atoms with Crippen LogP contribution in [0.3, 0.4) is 0 Å². The highest BCUT2D eigenvalue weighted by atomic mass is 32.2. The van der Waals surface area contributed by atoms with Crippen LogP contribution in [-0.2, 0) is 10.0 Å². The Morgan fingerprint density at radius 1 is 1.00 bits per heavy atom. The number of aromatic nitrogens is 2. The van der Waals surface area contributed by atoms with Crippen molar-refractivity contribution in [2.75, 3.05) is 24.2 Å². The Bertz CT molecular complexity index is 2190. The van der Waals surface area contributed by atoms with E-state index in [4.69, 9.17) is 14.1 Å². The number of oxazole rings is 1. The highest BCUT2D eigenvalue weighted by molar-refractivity contribution is 7.92. The third-order valence-corrected chi connectivity index (χ3v) is 8.45. The van der Waals surface area contributed by atoms with E-state index in [-0.39, 0.29) is 29.9 Å². The zero-order chi connectivity index (χ0) is 31.7. The summed E-state index contributed by atoms with van der Waals surface area (Å²) < 4.78 is 53.5. The minimum absolute atomic E-state index is 0.0369. The number of nitrogens with zero attached hydrogens (tertiary/aromatic N) is 4. The quantitative estimate of drug-likeness (QED) is 0.179. The molecule has 3 heterocycles. The number of nitrogens with one attached hydrogen (secondary N) is 1. The van der Waals surface area contributed by atoms with E-state index in [9.17, 15) is 17.6 Å². The lowest BCUT2D eigenvalue weighted by Crippen LogP contribution is -2.31. The molecular weight excluding hydrogens is 597 g/mol. The Morgan fingerprint density at radius 3 is 2.49 bits per heavy atom. The van der Waals surface area contributed by atoms with Gasteiger partial charge in [0.2, 0.25) is 15.9 Å². The summed E-state index contributed by atoms with van der Waals surface area (Å²) >= 11 is 0. The number of hydrogen-bond acceptors (Lipinski definition) is 8. The van der Waals surface area contributed by atoms with Gasteiger partial charge in [0.05, 0.1) is 23.6 Å². The van der Waals surface area contributed by atoms with Crippen LogP contribution in [0.15, 0.2) is 87.8 Å². The van der Waals surface area contributed by atoms with Crippen LogP contribution in [0, 0.1) is 17.1 Å². The summed E-state index contributed by atoms with van der Waals surface area (Å²) in [5.41, 5.74) is 3.91. The molecule has 0 fully saturated rings. The maximum atomic E-state index is 13.8. The van der Waals surface area contributed by atoms with Gasteiger partial charge in [0.15, 0.2) is 11.2 Å². The average molecular weight is 624 g/mol. The Morgan fingerprint density at radius 2 is 1.78 bits per heavy atom. The standard InChI is InChI=1S/C33H26FN5O5S/c1-36-32(40)29-25-18-24(21-7-5-8-22(17-21)33-38-31-27(44-33)9-6-15-37-31)26(39(45(2,41)42)16-4-3-14-35)19-28(25)43-30(29)20-10-12-23(34)13-11-20/h5-13,15,17-19H,3-4,16H2,1-2H3,(H,36,40). The molecule has 226 valence electrons. The van der Waals surface area contributed by atoms with Gasteiger partial charge in [0.1, 0.15) is 17.2 Å². The van der Waals surface area contributed by atoms with E-state index in [0.29, 0.717) is 56.9 Å². The summed E-state index contributed by atoms with van der Waals surface area (Å²) in [6.45, 7) is 0.0369. The number of unbranched alkanes of at least 4 members (excludes halogenated alkanes) is 1. The molecule has 3 aromatic heterocycles. The molecule has 6 aromatic rings. The molecule has 0 atom stereocenters. The fraction of sp³-hybridized carbons (Fsp3) is 0.152. The van der Waals surface area contributed by atoms with Crippen molar-refractivity contribution in [3.05, 3.63) is 90.4 Å². The molecule has 1 N–H and O–H groups in total. The maximum Gasteiger partial charge on any atom is 0.255 e. The second kappa shape index (κ2) is 11.9. The number of amides is 1. The monoisotopic (exact) mass is 623 g/mol. The molecule has 0 aliphatic carbocycles. The number of pyridine rings is 1. The highest BCUT2D eigenvalue weighted by Gasteiger charge is 2.27. The Kier molecular flexibility index (Phi) is 7.78. The topological polar surface area (TPSA) is 142 Å². The zero-order valence-corrected chi connectivity index (χ0v) is 25.1. The molecule has 0 saturated heterocycles. The summed E-state index contributed by atoms with van der Waals surface area (Å²) in [6.07, 6.45) is 3.16. The van der Waals surface area contributed by atoms with Gasteiger partial charge < -0.3 is 14.2 Å². The van der Waals surface area contributed by atoms with Crippen LogP contribution in [0.5, 0.6) is 0 Å². The van der Waals surface area contributed by atoms with Crippen molar-refractivity contribution < 1.29 is 26.4 Å². The molecule has 3 aromatic carbocycles. The van der Waals surface area contributed by atoms with Crippen LogP contribution < -0.4 is 9.62 Å². The van der Waals surface area contributed by atoms with Gasteiger partial charge >= 0.3 is 0 Å². The van der Waals surface area contributed by atoms with Gasteiger partial charge in [0.25, 0.3) is 5.91 Å². The van der Waals surface area contributed by atoms with Crippen LogP contribution in [0.1, 0.15) is 23.2 Å². The number of carbonyl (C=O) groups is 1. The second-order valence-electron chi connectivity index (χ2n) is 10.3. The van der Waals surface area contributed by atoms with Crippen molar-refractivity contribution in [1.29, 1.82) is 5.26 Å². The Hall–Kier alpha value is -5.54. The molecule has 1 amide bonds. The molecule has 0 radical (unpaired) electrons. The Labute approximate surface area is 257 Å². The molecule has 0 spiro atoms. The number of anilines is 1. The van der Waals surface area contributed by atoms with Gasteiger partial charge in [-0.15, -0.1) is 0 Å². The number of furan rings is 1. The van der Waals surface area contributed by atoms with Crippen molar-refractivity contribution in [2.24, 2.45) is 0 Å². The maximum absolute atomic E-state index is 13.8. The summed E-state index contributed by atoms with van der Waals surface area (Å²) in [5, 5.41) is 12.2. The molecule has 0 saturated carbocycles. The fourth-order valence-electron chi connectivity index (χ4n) is 5.20. The van der Waals surface area contributed by atoms with E-state index in [2.05, 4.69) is 21.4 Å². The normalized spacial score (nSPS) is 11.5. The number of hydrogen-bond donors (Lipinski definition) is 1. The number of halogens is 1. The fourth-order valence-corrected chi connectivity index (χ4v) is 6.17. The number of benzene rings is 3. The van der Waals surface area contributed by atoms with Crippen molar-refractivity contribution in [2.45, 2.75) is 12.8 Å². The number of sulfonamides is 1. The van der Waals surface area contributed by atoms with Crippen LogP contribution in [0.4, 0.5) is 10.1 Å². The van der Waals surface area contributed by atoms with E-state index < -0.39 is 21.7 Å². The van der Waals surface area contributed by atoms with E-state index in [1.54, 1.807) is 36.5 Å². The lowest BCUT2D eigenvalue weighted by atomic mass is 9.97. The van der Waals surface area contributed by atoms with E-state index in [1.807, 2.05) is 18.2 Å². The molecule has 0 aliphatic heterocycles. The third-order valence-electron chi connectivity index (χ3n) is 7.27. The van der Waals surface area contributed by atoms with Crippen LogP contribution in [0.25, 0.3) is 56.1 Å². The molecule has 0 bridgehead atoms. The van der Waals surface area contributed by atoms with E-state index in [1.165, 1.54) is 35.6 Å². The van der Waals surface area contributed by atoms with Crippen LogP contribution >= 0.6 is 0 Å². The van der Waals surface area contributed by atoms with Gasteiger partial charge in [-0.1, -0.05) is 12.1 Å². The van der Waals surface area contributed by atoms with Gasteiger partial charge in [-0.3, -0.25) is 9.10 Å². The predicted octanol–water partition coefficient (Wildman–Crippen LogP) is 6.54. The van der Waals surface area contributed by atoms with E-state index >= 15 is 0 Å². The first-order chi connectivity index (χ1) is 21.7. The van der Waals surface area contributed by atoms with Gasteiger partial charge in [-0.25, -0.2) is 17.8 Å². The average Bonchev–Trinajstić information content (AvgIpc) is 3.64. The molecular formula is C33H26FN5O5S. The molecule has 0 aliphatic rings. The smallest absolute Gasteiger partial charge is 0.255 e. The SMILES string of the molecule is CNC(=O)c1c(-c2ccc(F)cc2)oc2cc(N(CCCC#N)S(C)(=O)=O)c(-c3cccc(-c4nc5ncccc5o4)c3)cc12. The van der Waals surface area contributed by atoms with Crippen molar-refractivity contribution >= 4 is 43.8 Å². The molecule has 0 unspecified atom stereocenters. The number of rotatable bonds is 9. The largest absolute Gasteiger partial charge is 0.455 e. The summed E-state index contributed by atoms with van der Waals surface area (Å²) in [5.74, 6) is -0.351. The lowest BCUT2D eigenvalue weighted by Gasteiger charge is -2.25. The van der Waals surface area contributed by atoms with Crippen molar-refractivity contribution in [3.63, 3.8) is 0 Å². The van der Waals surface area contributed by atoms with Crippen LogP contribution in [-0.4, -0.2) is 44.1 Å². The minimum atomic E-state index is -3.84. The Balaban J connectivity index is 1.61. The number of fused-ring (bicyclic) bond motifs is 2. The molecule has 6 rings (SSSR count). The van der Waals surface area contributed by atoms with E-state index in [0.717, 1.165) is 6.26 Å². The van der Waals surface area contributed by atoms with Gasteiger partial charge in [-0.05, 0) is 66.6 Å². The zero-order valence-electron chi connectivity index (χ0n) is 24.2. The predicted molar refractivity (Wildman–Crippen MR) is 168 cm³/mol. The van der Waals surface area contributed by atoms with Gasteiger partial charge in [-0.2, -0.15) is 10.2 Å².